The summed E-state index contributed by atoms with van der Waals surface area (Å²) in [5, 5.41) is 17.3. The quantitative estimate of drug-likeness (QED) is 0.605. The molecule has 0 saturated heterocycles. The Balaban J connectivity index is 2.00. The zero-order chi connectivity index (χ0) is 22.8. The third-order valence-electron chi connectivity index (χ3n) is 5.37. The molecular formula is C23H22N4O5. The average molecular weight is 434 g/mol. The van der Waals surface area contributed by atoms with E-state index in [1.54, 1.807) is 52.7 Å². The van der Waals surface area contributed by atoms with Crippen LogP contribution in [-0.2, 0) is 0 Å². The number of hydrogen-bond donors (Lipinski definition) is 2. The van der Waals surface area contributed by atoms with Crippen molar-refractivity contribution < 1.29 is 23.7 Å². The average Bonchev–Trinajstić information content (AvgIpc) is 3.25. The molecule has 0 aliphatic carbocycles. The van der Waals surface area contributed by atoms with E-state index in [2.05, 4.69) is 16.3 Å². The van der Waals surface area contributed by atoms with Crippen molar-refractivity contribution in [1.29, 1.82) is 5.26 Å². The molecule has 0 fully saturated rings. The molecular weight excluding hydrogens is 412 g/mol. The molecule has 3 aromatic rings. The molecule has 0 bridgehead atoms. The van der Waals surface area contributed by atoms with Crippen LogP contribution in [0.15, 0.2) is 47.9 Å². The lowest BCUT2D eigenvalue weighted by atomic mass is 9.82. The van der Waals surface area contributed by atoms with Gasteiger partial charge >= 0.3 is 0 Å². The van der Waals surface area contributed by atoms with Crippen LogP contribution in [0.2, 0.25) is 0 Å². The molecule has 2 heterocycles. The van der Waals surface area contributed by atoms with Crippen molar-refractivity contribution in [3.05, 3.63) is 59.0 Å². The van der Waals surface area contributed by atoms with Crippen molar-refractivity contribution in [2.45, 2.75) is 5.92 Å². The Morgan fingerprint density at radius 2 is 1.66 bits per heavy atom. The molecule has 0 amide bonds. The van der Waals surface area contributed by atoms with Crippen LogP contribution < -0.4 is 29.4 Å². The number of H-pyrrole nitrogens is 1. The summed E-state index contributed by atoms with van der Waals surface area (Å²) in [6.45, 7) is 0. The number of aromatic nitrogens is 2. The van der Waals surface area contributed by atoms with Crippen molar-refractivity contribution in [3.63, 3.8) is 0 Å². The molecule has 32 heavy (non-hydrogen) atoms. The zero-order valence-corrected chi connectivity index (χ0v) is 18.1. The Morgan fingerprint density at radius 1 is 0.969 bits per heavy atom. The number of benzene rings is 2. The summed E-state index contributed by atoms with van der Waals surface area (Å²) in [5.74, 6) is 2.04. The van der Waals surface area contributed by atoms with E-state index in [1.807, 2.05) is 12.1 Å². The van der Waals surface area contributed by atoms with Crippen LogP contribution in [-0.4, -0.2) is 38.6 Å². The van der Waals surface area contributed by atoms with Crippen LogP contribution in [0.3, 0.4) is 0 Å². The number of nitrogens with two attached hydrogens (primary N) is 1. The van der Waals surface area contributed by atoms with E-state index in [-0.39, 0.29) is 17.3 Å². The predicted molar refractivity (Wildman–Crippen MR) is 116 cm³/mol. The van der Waals surface area contributed by atoms with Crippen molar-refractivity contribution in [2.75, 3.05) is 28.4 Å². The smallest absolute Gasteiger partial charge is 0.244 e. The van der Waals surface area contributed by atoms with Crippen LogP contribution in [0.4, 0.5) is 0 Å². The molecule has 1 atom stereocenters. The maximum atomic E-state index is 9.96. The van der Waals surface area contributed by atoms with E-state index < -0.39 is 5.92 Å². The molecule has 1 aliphatic rings. The first kappa shape index (κ1) is 20.9. The number of methoxy groups -OCH3 is 4. The van der Waals surface area contributed by atoms with Gasteiger partial charge < -0.3 is 29.4 Å². The number of nitrogens with one attached hydrogen (secondary N) is 1. The molecule has 3 N–H and O–H groups in total. The highest BCUT2D eigenvalue weighted by molar-refractivity contribution is 5.76. The lowest BCUT2D eigenvalue weighted by molar-refractivity contribution is 0.373. The van der Waals surface area contributed by atoms with E-state index >= 15 is 0 Å². The predicted octanol–water partition coefficient (Wildman–Crippen LogP) is 3.33. The molecule has 0 radical (unpaired) electrons. The van der Waals surface area contributed by atoms with Crippen LogP contribution in [0.5, 0.6) is 28.9 Å². The van der Waals surface area contributed by atoms with Crippen LogP contribution in [0.25, 0.3) is 11.3 Å². The summed E-state index contributed by atoms with van der Waals surface area (Å²) < 4.78 is 27.6. The van der Waals surface area contributed by atoms with Crippen molar-refractivity contribution in [3.8, 4) is 46.2 Å². The van der Waals surface area contributed by atoms with Crippen molar-refractivity contribution in [1.82, 2.24) is 10.2 Å². The topological polar surface area (TPSA) is 125 Å². The van der Waals surface area contributed by atoms with Gasteiger partial charge in [-0.2, -0.15) is 5.26 Å². The summed E-state index contributed by atoms with van der Waals surface area (Å²) >= 11 is 0. The third kappa shape index (κ3) is 3.32. The van der Waals surface area contributed by atoms with Crippen molar-refractivity contribution in [2.24, 2.45) is 5.73 Å². The number of nitriles is 1. The summed E-state index contributed by atoms with van der Waals surface area (Å²) in [4.78, 5) is 0. The minimum Gasteiger partial charge on any atom is -0.497 e. The lowest BCUT2D eigenvalue weighted by Crippen LogP contribution is -2.21. The summed E-state index contributed by atoms with van der Waals surface area (Å²) in [5.41, 5.74) is 8.99. The second kappa shape index (κ2) is 8.43. The largest absolute Gasteiger partial charge is 0.497 e. The fourth-order valence-corrected chi connectivity index (χ4v) is 3.83. The van der Waals surface area contributed by atoms with E-state index in [1.165, 1.54) is 0 Å². The van der Waals surface area contributed by atoms with E-state index in [4.69, 9.17) is 29.4 Å². The van der Waals surface area contributed by atoms with Crippen molar-refractivity contribution >= 4 is 0 Å². The molecule has 4 rings (SSSR count). The highest BCUT2D eigenvalue weighted by atomic mass is 16.5. The lowest BCUT2D eigenvalue weighted by Gasteiger charge is -2.26. The Kier molecular flexibility index (Phi) is 5.52. The normalized spacial score (nSPS) is 14.8. The fourth-order valence-electron chi connectivity index (χ4n) is 3.83. The zero-order valence-electron chi connectivity index (χ0n) is 18.1. The molecule has 1 aliphatic heterocycles. The number of hydrogen-bond acceptors (Lipinski definition) is 8. The van der Waals surface area contributed by atoms with Gasteiger partial charge in [0, 0.05) is 17.2 Å². The minimum atomic E-state index is -0.603. The van der Waals surface area contributed by atoms with Crippen LogP contribution in [0.1, 0.15) is 17.0 Å². The maximum absolute atomic E-state index is 9.96. The Labute approximate surface area is 184 Å². The standard InChI is InChI=1S/C23H22N4O5/c1-28-12-6-8-17(30-3)15(9-12)21-20-19(14-7-5-13(29-2)10-18(14)31-4)16(11-24)22(25)32-23(20)27-26-21/h5-10,19H,25H2,1-4H3,(H,26,27). The van der Waals surface area contributed by atoms with E-state index in [0.29, 0.717) is 45.4 Å². The molecule has 9 nitrogen and oxygen atoms in total. The second-order valence-corrected chi connectivity index (χ2v) is 6.92. The summed E-state index contributed by atoms with van der Waals surface area (Å²) in [6.07, 6.45) is 0. The van der Waals surface area contributed by atoms with Gasteiger partial charge in [-0.25, -0.2) is 0 Å². The molecule has 1 unspecified atom stereocenters. The monoisotopic (exact) mass is 434 g/mol. The van der Waals surface area contributed by atoms with E-state index in [0.717, 1.165) is 0 Å². The molecule has 2 aromatic carbocycles. The number of fused-ring (bicyclic) bond motifs is 1. The summed E-state index contributed by atoms with van der Waals surface area (Å²) in [6, 6.07) is 13.0. The maximum Gasteiger partial charge on any atom is 0.244 e. The van der Waals surface area contributed by atoms with Crippen LogP contribution in [0, 0.1) is 11.3 Å². The van der Waals surface area contributed by atoms with Gasteiger partial charge in [0.1, 0.15) is 34.6 Å². The van der Waals surface area contributed by atoms with Gasteiger partial charge in [0.15, 0.2) is 0 Å². The Morgan fingerprint density at radius 3 is 2.31 bits per heavy atom. The molecule has 9 heteroatoms. The highest BCUT2D eigenvalue weighted by Crippen LogP contribution is 2.49. The molecule has 1 aromatic heterocycles. The van der Waals surface area contributed by atoms with Gasteiger partial charge in [0.2, 0.25) is 11.8 Å². The number of rotatable bonds is 6. The molecule has 164 valence electrons. The van der Waals surface area contributed by atoms with Gasteiger partial charge in [0.25, 0.3) is 0 Å². The van der Waals surface area contributed by atoms with Crippen LogP contribution >= 0.6 is 0 Å². The summed E-state index contributed by atoms with van der Waals surface area (Å²) in [7, 11) is 6.29. The third-order valence-corrected chi connectivity index (χ3v) is 5.37. The molecule has 0 spiro atoms. The van der Waals surface area contributed by atoms with Gasteiger partial charge in [-0.1, -0.05) is 6.07 Å². The van der Waals surface area contributed by atoms with Gasteiger partial charge in [-0.3, -0.25) is 5.10 Å². The van der Waals surface area contributed by atoms with Gasteiger partial charge in [0.05, 0.1) is 45.6 Å². The SMILES string of the molecule is COc1ccc(C2C(C#N)=C(N)Oc3n[nH]c(-c4cc(OC)ccc4OC)c32)c(OC)c1. The Hall–Kier alpha value is -4.32. The first-order valence-corrected chi connectivity index (χ1v) is 9.66. The number of nitrogens with zero attached hydrogens (tertiary/aromatic N) is 2. The fraction of sp³-hybridized carbons (Fsp3) is 0.217. The second-order valence-electron chi connectivity index (χ2n) is 6.92. The first-order valence-electron chi connectivity index (χ1n) is 9.66. The van der Waals surface area contributed by atoms with Gasteiger partial charge in [-0.05, 0) is 24.3 Å². The van der Waals surface area contributed by atoms with E-state index in [9.17, 15) is 5.26 Å². The number of allylic oxidation sites excluding steroid dienone is 1. The van der Waals surface area contributed by atoms with Gasteiger partial charge in [-0.15, -0.1) is 5.10 Å². The highest BCUT2D eigenvalue weighted by Gasteiger charge is 2.37. The number of ether oxygens (including phenoxy) is 5. The molecule has 0 saturated carbocycles. The first-order chi connectivity index (χ1) is 15.6. The number of aromatic amines is 1. The Bertz CT molecular complexity index is 1240. The minimum absolute atomic E-state index is 0.0153.